The third-order valence-electron chi connectivity index (χ3n) is 3.23. The molecule has 6 nitrogen and oxygen atoms in total. The summed E-state index contributed by atoms with van der Waals surface area (Å²) in [5.41, 5.74) is 2.29. The van der Waals surface area contributed by atoms with E-state index in [0.29, 0.717) is 24.4 Å². The molecule has 0 radical (unpaired) electrons. The predicted molar refractivity (Wildman–Crippen MR) is 75.3 cm³/mol. The molecule has 1 atom stereocenters. The molecule has 0 saturated heterocycles. The number of imidazole rings is 1. The molecule has 0 spiro atoms. The summed E-state index contributed by atoms with van der Waals surface area (Å²) in [6, 6.07) is 9.13. The van der Waals surface area contributed by atoms with Crippen molar-refractivity contribution in [2.24, 2.45) is 0 Å². The van der Waals surface area contributed by atoms with E-state index in [4.69, 9.17) is 9.68 Å². The number of aromatic nitrogens is 2. The van der Waals surface area contributed by atoms with Gasteiger partial charge >= 0.3 is 0 Å². The molecule has 0 aliphatic heterocycles. The molecule has 0 fully saturated rings. The molecule has 0 bridgehead atoms. The number of hydrogen-bond acceptors (Lipinski definition) is 5. The maximum Gasteiger partial charge on any atom is 0.137 e. The van der Waals surface area contributed by atoms with Gasteiger partial charge in [-0.15, -0.1) is 0 Å². The van der Waals surface area contributed by atoms with Crippen LogP contribution in [-0.2, 0) is 6.54 Å². The average molecular weight is 282 g/mol. The van der Waals surface area contributed by atoms with Gasteiger partial charge in [0.15, 0.2) is 0 Å². The Kier molecular flexibility index (Phi) is 3.69. The van der Waals surface area contributed by atoms with Gasteiger partial charge in [-0.1, -0.05) is 0 Å². The summed E-state index contributed by atoms with van der Waals surface area (Å²) in [6.07, 6.45) is 4.35. The van der Waals surface area contributed by atoms with Crippen molar-refractivity contribution in [2.75, 3.05) is 6.54 Å². The Morgan fingerprint density at radius 2 is 2.33 bits per heavy atom. The molecule has 0 aromatic carbocycles. The van der Waals surface area contributed by atoms with Gasteiger partial charge in [-0.3, -0.25) is 0 Å². The number of nitriles is 1. The quantitative estimate of drug-likeness (QED) is 0.742. The highest BCUT2D eigenvalue weighted by molar-refractivity contribution is 5.44. The molecule has 21 heavy (non-hydrogen) atoms. The molecule has 0 saturated carbocycles. The topological polar surface area (TPSA) is 86.5 Å². The molecule has 0 amide bonds. The van der Waals surface area contributed by atoms with Gasteiger partial charge in [0.1, 0.15) is 23.6 Å². The van der Waals surface area contributed by atoms with E-state index in [1.165, 1.54) is 6.26 Å². The Labute approximate surface area is 121 Å². The van der Waals surface area contributed by atoms with E-state index < -0.39 is 6.10 Å². The summed E-state index contributed by atoms with van der Waals surface area (Å²) in [5, 5.41) is 22.0. The van der Waals surface area contributed by atoms with E-state index in [0.717, 1.165) is 11.3 Å². The molecule has 3 aromatic rings. The minimum atomic E-state index is -0.686. The maximum atomic E-state index is 9.91. The Hall–Kier alpha value is -2.62. The van der Waals surface area contributed by atoms with Gasteiger partial charge in [-0.2, -0.15) is 5.26 Å². The lowest BCUT2D eigenvalue weighted by Gasteiger charge is -2.09. The maximum absolute atomic E-state index is 9.91. The largest absolute Gasteiger partial charge is 0.467 e. The SMILES string of the molecule is N#Cc1ccc2ncc(CNCC(O)c3ccco3)n2c1. The van der Waals surface area contributed by atoms with Gasteiger partial charge in [-0.05, 0) is 24.3 Å². The number of pyridine rings is 1. The highest BCUT2D eigenvalue weighted by Gasteiger charge is 2.10. The van der Waals surface area contributed by atoms with Crippen molar-refractivity contribution >= 4 is 5.65 Å². The predicted octanol–water partition coefficient (Wildman–Crippen LogP) is 1.62. The van der Waals surface area contributed by atoms with Crippen molar-refractivity contribution in [3.8, 4) is 6.07 Å². The van der Waals surface area contributed by atoms with E-state index in [1.54, 1.807) is 36.7 Å². The first-order chi connectivity index (χ1) is 10.3. The number of aliphatic hydroxyl groups is 1. The number of aliphatic hydroxyl groups excluding tert-OH is 1. The standard InChI is InChI=1S/C15H14N4O2/c16-6-11-3-4-15-18-8-12(19(15)10-11)7-17-9-13(20)14-2-1-5-21-14/h1-5,8,10,13,17,20H,7,9H2. The minimum Gasteiger partial charge on any atom is -0.467 e. The van der Waals surface area contributed by atoms with Crippen LogP contribution in [0.1, 0.15) is 23.1 Å². The number of nitrogens with one attached hydrogen (secondary N) is 1. The molecule has 6 heteroatoms. The van der Waals surface area contributed by atoms with Crippen molar-refractivity contribution in [2.45, 2.75) is 12.6 Å². The molecule has 3 rings (SSSR count). The molecular formula is C15H14N4O2. The van der Waals surface area contributed by atoms with Crippen LogP contribution < -0.4 is 5.32 Å². The smallest absolute Gasteiger partial charge is 0.137 e. The first-order valence-corrected chi connectivity index (χ1v) is 6.56. The Bertz CT molecular complexity index is 771. The molecule has 2 N–H and O–H groups in total. The zero-order valence-electron chi connectivity index (χ0n) is 11.2. The van der Waals surface area contributed by atoms with E-state index in [1.807, 2.05) is 4.40 Å². The van der Waals surface area contributed by atoms with Crippen LogP contribution in [0.3, 0.4) is 0 Å². The summed E-state index contributed by atoms with van der Waals surface area (Å²) in [7, 11) is 0. The summed E-state index contributed by atoms with van der Waals surface area (Å²) < 4.78 is 7.01. The van der Waals surface area contributed by atoms with Gasteiger partial charge in [-0.25, -0.2) is 4.98 Å². The van der Waals surface area contributed by atoms with Crippen molar-refractivity contribution < 1.29 is 9.52 Å². The van der Waals surface area contributed by atoms with E-state index in [2.05, 4.69) is 16.4 Å². The van der Waals surface area contributed by atoms with Gasteiger partial charge in [0, 0.05) is 19.3 Å². The fraction of sp³-hybridized carbons (Fsp3) is 0.200. The number of furan rings is 1. The molecule has 0 aliphatic rings. The lowest BCUT2D eigenvalue weighted by molar-refractivity contribution is 0.147. The van der Waals surface area contributed by atoms with Crippen LogP contribution in [0.4, 0.5) is 0 Å². The number of rotatable bonds is 5. The van der Waals surface area contributed by atoms with Crippen LogP contribution >= 0.6 is 0 Å². The highest BCUT2D eigenvalue weighted by atomic mass is 16.4. The first kappa shape index (κ1) is 13.4. The average Bonchev–Trinajstić information content (AvgIpc) is 3.16. The van der Waals surface area contributed by atoms with E-state index in [9.17, 15) is 5.11 Å². The number of nitrogens with zero attached hydrogens (tertiary/aromatic N) is 3. The normalized spacial score (nSPS) is 12.4. The Morgan fingerprint density at radius 1 is 1.43 bits per heavy atom. The first-order valence-electron chi connectivity index (χ1n) is 6.56. The lowest BCUT2D eigenvalue weighted by Crippen LogP contribution is -2.21. The summed E-state index contributed by atoms with van der Waals surface area (Å²) >= 11 is 0. The summed E-state index contributed by atoms with van der Waals surface area (Å²) in [6.45, 7) is 0.909. The number of hydrogen-bond donors (Lipinski definition) is 2. The van der Waals surface area contributed by atoms with E-state index >= 15 is 0 Å². The van der Waals surface area contributed by atoms with Gasteiger partial charge in [0.05, 0.1) is 23.7 Å². The fourth-order valence-electron chi connectivity index (χ4n) is 2.15. The van der Waals surface area contributed by atoms with Crippen LogP contribution in [0.2, 0.25) is 0 Å². The van der Waals surface area contributed by atoms with Crippen molar-refractivity contribution in [3.05, 3.63) is 59.9 Å². The van der Waals surface area contributed by atoms with Crippen LogP contribution in [-0.4, -0.2) is 21.0 Å². The third kappa shape index (κ3) is 2.79. The summed E-state index contributed by atoms with van der Waals surface area (Å²) in [4.78, 5) is 4.27. The van der Waals surface area contributed by atoms with Crippen molar-refractivity contribution in [3.63, 3.8) is 0 Å². The molecule has 0 aliphatic carbocycles. The molecular weight excluding hydrogens is 268 g/mol. The second kappa shape index (κ2) is 5.79. The Balaban J connectivity index is 1.67. The van der Waals surface area contributed by atoms with Crippen molar-refractivity contribution in [1.29, 1.82) is 5.26 Å². The van der Waals surface area contributed by atoms with Crippen molar-refractivity contribution in [1.82, 2.24) is 14.7 Å². The monoisotopic (exact) mass is 282 g/mol. The lowest BCUT2D eigenvalue weighted by atomic mass is 10.2. The van der Waals surface area contributed by atoms with Gasteiger partial charge in [0.25, 0.3) is 0 Å². The van der Waals surface area contributed by atoms with Crippen LogP contribution in [0.25, 0.3) is 5.65 Å². The second-order valence-electron chi connectivity index (χ2n) is 4.67. The zero-order valence-corrected chi connectivity index (χ0v) is 11.2. The zero-order chi connectivity index (χ0) is 14.7. The molecule has 3 aromatic heterocycles. The van der Waals surface area contributed by atoms with Crippen LogP contribution in [0, 0.1) is 11.3 Å². The molecule has 1 unspecified atom stereocenters. The summed E-state index contributed by atoms with van der Waals surface area (Å²) in [5.74, 6) is 0.535. The fourth-order valence-corrected chi connectivity index (χ4v) is 2.15. The Morgan fingerprint density at radius 3 is 3.10 bits per heavy atom. The van der Waals surface area contributed by atoms with Gasteiger partial charge in [0.2, 0.25) is 0 Å². The van der Waals surface area contributed by atoms with Crippen LogP contribution in [0.5, 0.6) is 0 Å². The molecule has 3 heterocycles. The van der Waals surface area contributed by atoms with Gasteiger partial charge < -0.3 is 19.2 Å². The number of fused-ring (bicyclic) bond motifs is 1. The molecule has 106 valence electrons. The third-order valence-corrected chi connectivity index (χ3v) is 3.23. The second-order valence-corrected chi connectivity index (χ2v) is 4.67. The highest BCUT2D eigenvalue weighted by Crippen LogP contribution is 2.12. The minimum absolute atomic E-state index is 0.374. The van der Waals surface area contributed by atoms with Crippen LogP contribution in [0.15, 0.2) is 47.3 Å². The van der Waals surface area contributed by atoms with E-state index in [-0.39, 0.29) is 0 Å².